The number of methoxy groups -OCH3 is 2. The standard InChI is InChI=1S/C27H26F3NO6S/c1-25(2,3)18-9-14-23-22(16-18)26(27(28,29)30,37-24(32)17-7-6-8-21(15-17)36-5)31(38(23,33)34)19-10-12-20(35-4)13-11-19/h6-16H,1-5H3/t26-/m1/s1. The first-order chi connectivity index (χ1) is 17.7. The van der Waals surface area contributed by atoms with E-state index in [1.807, 2.05) is 0 Å². The lowest BCUT2D eigenvalue weighted by Crippen LogP contribution is -2.57. The van der Waals surface area contributed by atoms with Crippen LogP contribution in [0.25, 0.3) is 0 Å². The second-order valence-corrected chi connectivity index (χ2v) is 11.4. The van der Waals surface area contributed by atoms with Crippen molar-refractivity contribution in [1.82, 2.24) is 0 Å². The normalized spacial score (nSPS) is 18.6. The number of rotatable bonds is 5. The van der Waals surface area contributed by atoms with Gasteiger partial charge in [0.2, 0.25) is 0 Å². The smallest absolute Gasteiger partial charge is 0.454 e. The van der Waals surface area contributed by atoms with Crippen molar-refractivity contribution in [2.75, 3.05) is 18.5 Å². The molecule has 1 aliphatic heterocycles. The largest absolute Gasteiger partial charge is 0.497 e. The molecule has 1 aliphatic rings. The number of hydrogen-bond acceptors (Lipinski definition) is 6. The van der Waals surface area contributed by atoms with Crippen molar-refractivity contribution in [3.63, 3.8) is 0 Å². The fraction of sp³-hybridized carbons (Fsp3) is 0.296. The number of ether oxygens (including phenoxy) is 3. The maximum Gasteiger partial charge on any atom is 0.454 e. The lowest BCUT2D eigenvalue weighted by molar-refractivity contribution is -0.259. The second-order valence-electron chi connectivity index (χ2n) is 9.69. The van der Waals surface area contributed by atoms with E-state index in [9.17, 15) is 13.2 Å². The molecule has 11 heteroatoms. The van der Waals surface area contributed by atoms with Crippen LogP contribution in [0, 0.1) is 0 Å². The zero-order valence-electron chi connectivity index (χ0n) is 21.3. The average molecular weight is 550 g/mol. The van der Waals surface area contributed by atoms with Gasteiger partial charge in [-0.2, -0.15) is 13.2 Å². The van der Waals surface area contributed by atoms with Gasteiger partial charge in [-0.3, -0.25) is 0 Å². The van der Waals surface area contributed by atoms with E-state index < -0.39 is 43.8 Å². The average Bonchev–Trinajstić information content (AvgIpc) is 3.07. The molecular weight excluding hydrogens is 523 g/mol. The number of carbonyl (C=O) groups excluding carboxylic acids is 1. The minimum absolute atomic E-state index is 0.120. The molecule has 3 aromatic rings. The van der Waals surface area contributed by atoms with E-state index in [4.69, 9.17) is 14.2 Å². The molecule has 0 fully saturated rings. The molecule has 1 heterocycles. The number of benzene rings is 3. The predicted molar refractivity (Wildman–Crippen MR) is 134 cm³/mol. The SMILES string of the molecule is COc1ccc(N2[C@](OC(=O)c3cccc(OC)c3)(C(F)(F)F)c3cc(C(C)(C)C)ccc3S2(=O)=O)cc1. The third kappa shape index (κ3) is 4.34. The van der Waals surface area contributed by atoms with E-state index in [0.717, 1.165) is 24.3 Å². The minimum Gasteiger partial charge on any atom is -0.497 e. The molecule has 0 aliphatic carbocycles. The Labute approximate surface area is 218 Å². The topological polar surface area (TPSA) is 82.1 Å². The van der Waals surface area contributed by atoms with Gasteiger partial charge in [-0.25, -0.2) is 17.5 Å². The van der Waals surface area contributed by atoms with Crippen molar-refractivity contribution < 1.29 is 40.6 Å². The summed E-state index contributed by atoms with van der Waals surface area (Å²) in [6.07, 6.45) is -5.39. The van der Waals surface area contributed by atoms with Crippen LogP contribution in [0.3, 0.4) is 0 Å². The molecule has 0 radical (unpaired) electrons. The van der Waals surface area contributed by atoms with Gasteiger partial charge in [0.25, 0.3) is 10.0 Å². The summed E-state index contributed by atoms with van der Waals surface area (Å²) in [4.78, 5) is 12.7. The zero-order valence-corrected chi connectivity index (χ0v) is 22.1. The predicted octanol–water partition coefficient (Wildman–Crippen LogP) is 5.78. The Balaban J connectivity index is 2.04. The summed E-state index contributed by atoms with van der Waals surface area (Å²) in [5.41, 5.74) is -5.23. The molecule has 0 bridgehead atoms. The molecule has 1 atom stereocenters. The lowest BCUT2D eigenvalue weighted by atomic mass is 9.84. The van der Waals surface area contributed by atoms with E-state index in [2.05, 4.69) is 0 Å². The summed E-state index contributed by atoms with van der Waals surface area (Å²) in [6, 6.07) is 14.1. The number of nitrogens with zero attached hydrogens (tertiary/aromatic N) is 1. The first-order valence-corrected chi connectivity index (χ1v) is 12.9. The van der Waals surface area contributed by atoms with Crippen LogP contribution in [0.1, 0.15) is 42.3 Å². The van der Waals surface area contributed by atoms with Gasteiger partial charge in [0.05, 0.1) is 30.4 Å². The molecule has 0 amide bonds. The number of sulfonamides is 1. The Kier molecular flexibility index (Phi) is 6.63. The molecule has 0 N–H and O–H groups in total. The van der Waals surface area contributed by atoms with E-state index in [1.165, 1.54) is 56.7 Å². The lowest BCUT2D eigenvalue weighted by Gasteiger charge is -2.39. The summed E-state index contributed by atoms with van der Waals surface area (Å²) in [7, 11) is -2.15. The fourth-order valence-corrected chi connectivity index (χ4v) is 6.16. The van der Waals surface area contributed by atoms with Gasteiger partial charge in [-0.05, 0) is 65.6 Å². The summed E-state index contributed by atoms with van der Waals surface area (Å²) in [5, 5.41) is 0. The molecule has 202 valence electrons. The number of anilines is 1. The van der Waals surface area contributed by atoms with Crippen LogP contribution in [0.5, 0.6) is 11.5 Å². The summed E-state index contributed by atoms with van der Waals surface area (Å²) in [6.45, 7) is 5.32. The Bertz CT molecular complexity index is 1480. The fourth-order valence-electron chi connectivity index (χ4n) is 4.27. The summed E-state index contributed by atoms with van der Waals surface area (Å²) < 4.78 is 89.1. The molecule has 7 nitrogen and oxygen atoms in total. The number of hydrogen-bond donors (Lipinski definition) is 0. The minimum atomic E-state index is -5.39. The van der Waals surface area contributed by atoms with Crippen LogP contribution in [-0.2, 0) is 25.9 Å². The number of halogens is 3. The van der Waals surface area contributed by atoms with Crippen LogP contribution in [0.2, 0.25) is 0 Å². The van der Waals surface area contributed by atoms with E-state index in [1.54, 1.807) is 20.8 Å². The van der Waals surface area contributed by atoms with Crippen LogP contribution in [0.15, 0.2) is 71.6 Å². The molecule has 0 spiro atoms. The van der Waals surface area contributed by atoms with Crippen LogP contribution in [-0.4, -0.2) is 34.8 Å². The van der Waals surface area contributed by atoms with Gasteiger partial charge in [-0.15, -0.1) is 0 Å². The molecule has 4 rings (SSSR count). The summed E-state index contributed by atoms with van der Waals surface area (Å²) in [5.74, 6) is -0.880. The van der Waals surface area contributed by atoms with E-state index in [0.29, 0.717) is 11.3 Å². The quantitative estimate of drug-likeness (QED) is 0.375. The molecule has 0 aromatic heterocycles. The molecular formula is C27H26F3NO6S. The highest BCUT2D eigenvalue weighted by molar-refractivity contribution is 7.93. The first-order valence-electron chi connectivity index (χ1n) is 11.5. The van der Waals surface area contributed by atoms with E-state index in [-0.39, 0.29) is 21.3 Å². The molecule has 38 heavy (non-hydrogen) atoms. The maximum absolute atomic E-state index is 15.3. The maximum atomic E-state index is 15.3. The van der Waals surface area contributed by atoms with Gasteiger partial charge in [-0.1, -0.05) is 32.9 Å². The van der Waals surface area contributed by atoms with Gasteiger partial charge >= 0.3 is 17.9 Å². The van der Waals surface area contributed by atoms with Gasteiger partial charge in [0, 0.05) is 5.56 Å². The number of alkyl halides is 3. The highest BCUT2D eigenvalue weighted by atomic mass is 32.2. The second kappa shape index (κ2) is 9.23. The monoisotopic (exact) mass is 549 g/mol. The molecule has 0 saturated heterocycles. The van der Waals surface area contributed by atoms with Crippen LogP contribution in [0.4, 0.5) is 18.9 Å². The van der Waals surface area contributed by atoms with Crippen molar-refractivity contribution >= 4 is 21.7 Å². The molecule has 0 unspecified atom stereocenters. The number of carbonyl (C=O) groups is 1. The molecule has 0 saturated carbocycles. The van der Waals surface area contributed by atoms with Crippen LogP contribution < -0.4 is 13.8 Å². The van der Waals surface area contributed by atoms with Crippen molar-refractivity contribution in [3.8, 4) is 11.5 Å². The molecule has 3 aromatic carbocycles. The van der Waals surface area contributed by atoms with Crippen molar-refractivity contribution in [2.24, 2.45) is 0 Å². The highest BCUT2D eigenvalue weighted by Crippen LogP contribution is 2.56. The van der Waals surface area contributed by atoms with Gasteiger partial charge in [0.15, 0.2) is 0 Å². The first kappa shape index (κ1) is 27.3. The zero-order chi connectivity index (χ0) is 28.1. The van der Waals surface area contributed by atoms with Crippen molar-refractivity contribution in [3.05, 3.63) is 83.4 Å². The number of esters is 1. The Morgan fingerprint density at radius 2 is 1.50 bits per heavy atom. The Morgan fingerprint density at radius 1 is 0.868 bits per heavy atom. The number of fused-ring (bicyclic) bond motifs is 1. The van der Waals surface area contributed by atoms with Gasteiger partial charge in [0.1, 0.15) is 11.5 Å². The highest BCUT2D eigenvalue weighted by Gasteiger charge is 2.72. The van der Waals surface area contributed by atoms with Crippen molar-refractivity contribution in [2.45, 2.75) is 43.0 Å². The Hall–Kier alpha value is -3.73. The third-order valence-corrected chi connectivity index (χ3v) is 8.11. The van der Waals surface area contributed by atoms with Gasteiger partial charge < -0.3 is 14.2 Å². The summed E-state index contributed by atoms with van der Waals surface area (Å²) >= 11 is 0. The Morgan fingerprint density at radius 3 is 2.05 bits per heavy atom. The van der Waals surface area contributed by atoms with Crippen molar-refractivity contribution in [1.29, 1.82) is 0 Å². The third-order valence-electron chi connectivity index (χ3n) is 6.25. The van der Waals surface area contributed by atoms with Crippen LogP contribution >= 0.6 is 0 Å². The van der Waals surface area contributed by atoms with E-state index >= 15 is 13.2 Å².